The van der Waals surface area contributed by atoms with Crippen LogP contribution < -0.4 is 5.73 Å². The largest absolute Gasteiger partial charge is 0.465 e. The molecule has 2 unspecified atom stereocenters. The Kier molecular flexibility index (Phi) is 5.88. The first-order valence-electron chi connectivity index (χ1n) is 6.39. The number of carbonyl (C=O) groups is 1. The Morgan fingerprint density at radius 3 is 2.82 bits per heavy atom. The second kappa shape index (κ2) is 6.93. The smallest absolute Gasteiger partial charge is 0.322 e. The van der Waals surface area contributed by atoms with E-state index in [1.54, 1.807) is 6.92 Å². The molecule has 0 aliphatic carbocycles. The topological polar surface area (TPSA) is 58.8 Å². The van der Waals surface area contributed by atoms with Crippen molar-refractivity contribution in [1.82, 2.24) is 9.80 Å². The highest BCUT2D eigenvalue weighted by atomic mass is 16.5. The van der Waals surface area contributed by atoms with Gasteiger partial charge < -0.3 is 15.4 Å². The third-order valence-corrected chi connectivity index (χ3v) is 3.28. The van der Waals surface area contributed by atoms with Gasteiger partial charge >= 0.3 is 5.97 Å². The van der Waals surface area contributed by atoms with E-state index < -0.39 is 6.04 Å². The second-order valence-electron chi connectivity index (χ2n) is 4.79. The molecule has 5 heteroatoms. The Morgan fingerprint density at radius 2 is 2.24 bits per heavy atom. The zero-order valence-corrected chi connectivity index (χ0v) is 11.2. The maximum atomic E-state index is 11.4. The Balaban J connectivity index is 2.28. The molecule has 5 nitrogen and oxygen atoms in total. The summed E-state index contributed by atoms with van der Waals surface area (Å²) in [5.41, 5.74) is 5.78. The van der Waals surface area contributed by atoms with Crippen LogP contribution in [0.4, 0.5) is 0 Å². The summed E-state index contributed by atoms with van der Waals surface area (Å²) >= 11 is 0. The van der Waals surface area contributed by atoms with Gasteiger partial charge in [-0.25, -0.2) is 0 Å². The van der Waals surface area contributed by atoms with Crippen LogP contribution in [0, 0.1) is 0 Å². The highest BCUT2D eigenvalue weighted by Gasteiger charge is 2.23. The molecule has 0 aromatic carbocycles. The van der Waals surface area contributed by atoms with E-state index in [1.165, 1.54) is 0 Å². The van der Waals surface area contributed by atoms with Gasteiger partial charge in [0.05, 0.1) is 6.61 Å². The van der Waals surface area contributed by atoms with Gasteiger partial charge in [0.15, 0.2) is 0 Å². The van der Waals surface area contributed by atoms with Crippen LogP contribution in [-0.2, 0) is 9.53 Å². The van der Waals surface area contributed by atoms with Gasteiger partial charge in [0, 0.05) is 32.2 Å². The molecule has 0 radical (unpaired) electrons. The molecule has 1 aliphatic rings. The molecule has 0 spiro atoms. The molecule has 0 aromatic rings. The Labute approximate surface area is 104 Å². The van der Waals surface area contributed by atoms with E-state index in [2.05, 4.69) is 23.8 Å². The highest BCUT2D eigenvalue weighted by molar-refractivity contribution is 5.75. The van der Waals surface area contributed by atoms with Crippen molar-refractivity contribution in [3.63, 3.8) is 0 Å². The molecule has 0 amide bonds. The lowest BCUT2D eigenvalue weighted by Gasteiger charge is -2.38. The van der Waals surface area contributed by atoms with Crippen molar-refractivity contribution in [3.8, 4) is 0 Å². The van der Waals surface area contributed by atoms with E-state index in [9.17, 15) is 4.79 Å². The Hall–Kier alpha value is -0.650. The zero-order valence-electron chi connectivity index (χ0n) is 11.2. The molecular weight excluding hydrogens is 218 g/mol. The van der Waals surface area contributed by atoms with Gasteiger partial charge in [-0.2, -0.15) is 0 Å². The van der Waals surface area contributed by atoms with Gasteiger partial charge in [0.25, 0.3) is 0 Å². The predicted molar refractivity (Wildman–Crippen MR) is 67.8 cm³/mol. The van der Waals surface area contributed by atoms with Crippen molar-refractivity contribution in [2.75, 3.05) is 39.8 Å². The van der Waals surface area contributed by atoms with Crippen molar-refractivity contribution in [2.45, 2.75) is 32.4 Å². The van der Waals surface area contributed by atoms with Crippen LogP contribution in [0.2, 0.25) is 0 Å². The average Bonchev–Trinajstić information content (AvgIpc) is 2.27. The molecule has 2 N–H and O–H groups in total. The molecular formula is C12H25N3O2. The fourth-order valence-corrected chi connectivity index (χ4v) is 2.18. The number of carbonyl (C=O) groups excluding carboxylic acids is 1. The number of esters is 1. The lowest BCUT2D eigenvalue weighted by atomic mass is 10.1. The summed E-state index contributed by atoms with van der Waals surface area (Å²) < 4.78 is 4.90. The monoisotopic (exact) mass is 243 g/mol. The number of hydrogen-bond acceptors (Lipinski definition) is 5. The van der Waals surface area contributed by atoms with Crippen LogP contribution in [0.1, 0.15) is 20.3 Å². The van der Waals surface area contributed by atoms with E-state index in [1.807, 2.05) is 0 Å². The lowest BCUT2D eigenvalue weighted by Crippen LogP contribution is -2.51. The molecule has 100 valence electrons. The molecule has 1 rings (SSSR count). The minimum Gasteiger partial charge on any atom is -0.465 e. The first-order chi connectivity index (χ1) is 8.04. The molecule has 1 fully saturated rings. The fourth-order valence-electron chi connectivity index (χ4n) is 2.18. The van der Waals surface area contributed by atoms with Crippen molar-refractivity contribution in [2.24, 2.45) is 5.73 Å². The van der Waals surface area contributed by atoms with E-state index >= 15 is 0 Å². The minimum absolute atomic E-state index is 0.283. The third kappa shape index (κ3) is 4.61. The summed E-state index contributed by atoms with van der Waals surface area (Å²) in [6, 6.07) is 0.0463. The zero-order chi connectivity index (χ0) is 12.8. The maximum Gasteiger partial charge on any atom is 0.322 e. The normalized spacial score (nSPS) is 24.6. The van der Waals surface area contributed by atoms with E-state index in [0.717, 1.165) is 26.2 Å². The number of piperazine rings is 1. The number of nitrogens with zero attached hydrogens (tertiary/aromatic N) is 2. The molecule has 0 aromatic heterocycles. The molecule has 2 atom stereocenters. The number of likely N-dealkylation sites (N-methyl/N-ethyl adjacent to an activating group) is 1. The number of hydrogen-bond donors (Lipinski definition) is 1. The molecule has 1 heterocycles. The first-order valence-corrected chi connectivity index (χ1v) is 6.39. The SMILES string of the molecule is CCOC(=O)C(N)CCN1CCN(C)CC1C. The summed E-state index contributed by atoms with van der Waals surface area (Å²) in [6.07, 6.45) is 0.673. The van der Waals surface area contributed by atoms with Crippen molar-refractivity contribution in [3.05, 3.63) is 0 Å². The fraction of sp³-hybridized carbons (Fsp3) is 0.917. The number of rotatable bonds is 5. The van der Waals surface area contributed by atoms with Crippen LogP contribution in [0.25, 0.3) is 0 Å². The van der Waals surface area contributed by atoms with Crippen LogP contribution >= 0.6 is 0 Å². The van der Waals surface area contributed by atoms with Crippen molar-refractivity contribution < 1.29 is 9.53 Å². The lowest BCUT2D eigenvalue weighted by molar-refractivity contribution is -0.145. The molecule has 1 aliphatic heterocycles. The Bertz CT molecular complexity index is 248. The molecule has 0 bridgehead atoms. The maximum absolute atomic E-state index is 11.4. The first kappa shape index (κ1) is 14.4. The van der Waals surface area contributed by atoms with Gasteiger partial charge in [0.2, 0.25) is 0 Å². The van der Waals surface area contributed by atoms with Gasteiger partial charge in [-0.3, -0.25) is 9.69 Å². The quantitative estimate of drug-likeness (QED) is 0.684. The summed E-state index contributed by atoms with van der Waals surface area (Å²) in [5.74, 6) is -0.283. The second-order valence-corrected chi connectivity index (χ2v) is 4.79. The number of ether oxygens (including phenoxy) is 1. The Morgan fingerprint density at radius 1 is 1.53 bits per heavy atom. The molecule has 0 saturated carbocycles. The van der Waals surface area contributed by atoms with E-state index in [0.29, 0.717) is 19.1 Å². The highest BCUT2D eigenvalue weighted by Crippen LogP contribution is 2.09. The summed E-state index contributed by atoms with van der Waals surface area (Å²) in [5, 5.41) is 0. The van der Waals surface area contributed by atoms with E-state index in [-0.39, 0.29) is 5.97 Å². The summed E-state index contributed by atoms with van der Waals surface area (Å²) in [6.45, 7) is 8.49. The molecule has 17 heavy (non-hydrogen) atoms. The van der Waals surface area contributed by atoms with Crippen LogP contribution in [0.5, 0.6) is 0 Å². The van der Waals surface area contributed by atoms with E-state index in [4.69, 9.17) is 10.5 Å². The van der Waals surface area contributed by atoms with Gasteiger partial charge in [-0.15, -0.1) is 0 Å². The van der Waals surface area contributed by atoms with Crippen LogP contribution in [-0.4, -0.2) is 67.7 Å². The van der Waals surface area contributed by atoms with Crippen LogP contribution in [0.15, 0.2) is 0 Å². The average molecular weight is 243 g/mol. The summed E-state index contributed by atoms with van der Waals surface area (Å²) in [4.78, 5) is 16.1. The van der Waals surface area contributed by atoms with Gasteiger partial charge in [0.1, 0.15) is 6.04 Å². The molecule has 1 saturated heterocycles. The summed E-state index contributed by atoms with van der Waals surface area (Å²) in [7, 11) is 2.14. The number of nitrogens with two attached hydrogens (primary N) is 1. The minimum atomic E-state index is -0.484. The van der Waals surface area contributed by atoms with Crippen LogP contribution in [0.3, 0.4) is 0 Å². The van der Waals surface area contributed by atoms with Crippen molar-refractivity contribution >= 4 is 5.97 Å². The van der Waals surface area contributed by atoms with Crippen molar-refractivity contribution in [1.29, 1.82) is 0 Å². The predicted octanol–water partition coefficient (Wildman–Crippen LogP) is -0.0972. The van der Waals surface area contributed by atoms with Gasteiger partial charge in [-0.05, 0) is 27.3 Å². The third-order valence-electron chi connectivity index (χ3n) is 3.28. The van der Waals surface area contributed by atoms with Gasteiger partial charge in [-0.1, -0.05) is 0 Å². The standard InChI is InChI=1S/C12H25N3O2/c1-4-17-12(16)11(13)5-6-15-8-7-14(3)9-10(15)2/h10-11H,4-9,13H2,1-3H3.